The summed E-state index contributed by atoms with van der Waals surface area (Å²) in [5.41, 5.74) is 17.9. The van der Waals surface area contributed by atoms with Crippen LogP contribution >= 0.6 is 11.8 Å². The van der Waals surface area contributed by atoms with Crippen molar-refractivity contribution in [3.05, 3.63) is 259 Å². The van der Waals surface area contributed by atoms with Crippen LogP contribution in [0.15, 0.2) is 246 Å². The van der Waals surface area contributed by atoms with E-state index < -0.39 is 5.41 Å². The molecule has 1 nitrogen and oxygen atoms in total. The first-order chi connectivity index (χ1) is 32.8. The molecule has 0 N–H and O–H groups in total. The number of pyridine rings is 1. The third-order valence-corrected chi connectivity index (χ3v) is 15.5. The van der Waals surface area contributed by atoms with Crippen LogP contribution in [-0.2, 0) is 5.41 Å². The highest BCUT2D eigenvalue weighted by Gasteiger charge is 2.50. The molecule has 2 heterocycles. The van der Waals surface area contributed by atoms with E-state index in [0.717, 1.165) is 33.1 Å². The van der Waals surface area contributed by atoms with E-state index in [1.165, 1.54) is 97.9 Å². The molecule has 1 spiro atoms. The van der Waals surface area contributed by atoms with Crippen molar-refractivity contribution >= 4 is 55.0 Å². The molecule has 2 heteroatoms. The maximum atomic E-state index is 5.67. The molecule has 0 amide bonds. The summed E-state index contributed by atoms with van der Waals surface area (Å²) in [6, 6.07) is 87.5. The van der Waals surface area contributed by atoms with Crippen molar-refractivity contribution in [2.75, 3.05) is 0 Å². The number of fused-ring (bicyclic) bond motifs is 15. The third kappa shape index (κ3) is 5.28. The van der Waals surface area contributed by atoms with Gasteiger partial charge in [-0.15, -0.1) is 0 Å². The monoisotopic (exact) mass is 853 g/mol. The Morgan fingerprint density at radius 1 is 0.303 bits per heavy atom. The Bertz CT molecular complexity index is 3840. The summed E-state index contributed by atoms with van der Waals surface area (Å²) in [5, 5.41) is 8.51. The van der Waals surface area contributed by atoms with Gasteiger partial charge in [0.1, 0.15) is 0 Å². The highest BCUT2D eigenvalue weighted by atomic mass is 32.2. The highest BCUT2D eigenvalue weighted by Crippen LogP contribution is 2.63. The molecular weight excluding hydrogens is 815 g/mol. The van der Waals surface area contributed by atoms with E-state index in [9.17, 15) is 0 Å². The van der Waals surface area contributed by atoms with E-state index in [4.69, 9.17) is 4.98 Å². The van der Waals surface area contributed by atoms with Gasteiger partial charge in [-0.2, -0.15) is 0 Å². The normalized spacial score (nSPS) is 13.2. The van der Waals surface area contributed by atoms with Crippen LogP contribution in [0.3, 0.4) is 0 Å². The van der Waals surface area contributed by atoms with E-state index in [2.05, 4.69) is 237 Å². The Kier molecular flexibility index (Phi) is 8.20. The van der Waals surface area contributed by atoms with Crippen molar-refractivity contribution in [1.29, 1.82) is 0 Å². The molecule has 14 rings (SSSR count). The number of benzene rings is 11. The predicted octanol–water partition coefficient (Wildman–Crippen LogP) is 17.2. The lowest BCUT2D eigenvalue weighted by Gasteiger charge is -2.39. The molecule has 2 aliphatic rings. The van der Waals surface area contributed by atoms with E-state index in [1.54, 1.807) is 0 Å². The molecule has 1 aromatic heterocycles. The number of rotatable bonds is 4. The smallest absolute Gasteiger partial charge is 0.0788 e. The molecule has 0 atom stereocenters. The molecule has 1 aliphatic carbocycles. The maximum absolute atomic E-state index is 5.67. The minimum absolute atomic E-state index is 0.470. The van der Waals surface area contributed by atoms with Gasteiger partial charge in [0.05, 0.1) is 16.6 Å². The predicted molar refractivity (Wildman–Crippen MR) is 277 cm³/mol. The minimum Gasteiger partial charge on any atom is -0.247 e. The summed E-state index contributed by atoms with van der Waals surface area (Å²) in [4.78, 5) is 8.29. The van der Waals surface area contributed by atoms with Gasteiger partial charge in [0.25, 0.3) is 0 Å². The fourth-order valence-electron chi connectivity index (χ4n) is 11.6. The number of hydrogen-bond acceptors (Lipinski definition) is 2. The molecule has 11 aromatic carbocycles. The van der Waals surface area contributed by atoms with E-state index in [1.807, 2.05) is 11.8 Å². The summed E-state index contributed by atoms with van der Waals surface area (Å²) in [5.74, 6) is 0. The Labute approximate surface area is 387 Å². The van der Waals surface area contributed by atoms with Crippen LogP contribution in [0.2, 0.25) is 0 Å². The van der Waals surface area contributed by atoms with Crippen LogP contribution in [0.25, 0.3) is 99.0 Å². The van der Waals surface area contributed by atoms with Gasteiger partial charge in [-0.3, -0.25) is 0 Å². The van der Waals surface area contributed by atoms with Crippen LogP contribution in [0.4, 0.5) is 0 Å². The lowest BCUT2D eigenvalue weighted by molar-refractivity contribution is 0.723. The van der Waals surface area contributed by atoms with Crippen molar-refractivity contribution in [1.82, 2.24) is 4.98 Å². The fourth-order valence-corrected chi connectivity index (χ4v) is 12.8. The lowest BCUT2D eigenvalue weighted by Crippen LogP contribution is -2.31. The Hall–Kier alpha value is -8.04. The maximum Gasteiger partial charge on any atom is 0.0788 e. The topological polar surface area (TPSA) is 12.9 Å². The van der Waals surface area contributed by atoms with Crippen molar-refractivity contribution in [2.45, 2.75) is 15.2 Å². The zero-order chi connectivity index (χ0) is 43.3. The molecule has 66 heavy (non-hydrogen) atoms. The van der Waals surface area contributed by atoms with Gasteiger partial charge in [-0.1, -0.05) is 230 Å². The first kappa shape index (κ1) is 37.3. The molecule has 0 radical (unpaired) electrons. The lowest BCUT2D eigenvalue weighted by atomic mass is 9.67. The van der Waals surface area contributed by atoms with Crippen molar-refractivity contribution in [2.24, 2.45) is 0 Å². The van der Waals surface area contributed by atoms with Gasteiger partial charge < -0.3 is 0 Å². The van der Waals surface area contributed by atoms with Crippen molar-refractivity contribution < 1.29 is 0 Å². The fraction of sp³-hybridized carbons (Fsp3) is 0.0156. The Morgan fingerprint density at radius 3 is 1.41 bits per heavy atom. The highest BCUT2D eigenvalue weighted by molar-refractivity contribution is 7.99. The molecule has 0 unspecified atom stereocenters. The largest absolute Gasteiger partial charge is 0.247 e. The van der Waals surface area contributed by atoms with E-state index >= 15 is 0 Å². The summed E-state index contributed by atoms with van der Waals surface area (Å²) in [7, 11) is 0. The van der Waals surface area contributed by atoms with Gasteiger partial charge in [0.15, 0.2) is 0 Å². The molecule has 306 valence electrons. The molecule has 0 fully saturated rings. The van der Waals surface area contributed by atoms with Crippen LogP contribution in [0, 0.1) is 0 Å². The second-order valence-electron chi connectivity index (χ2n) is 17.6. The summed E-state index contributed by atoms with van der Waals surface area (Å²) >= 11 is 1.89. The molecule has 0 saturated carbocycles. The average Bonchev–Trinajstić information content (AvgIpc) is 3.68. The van der Waals surface area contributed by atoms with Gasteiger partial charge in [0, 0.05) is 31.5 Å². The second-order valence-corrected chi connectivity index (χ2v) is 18.7. The van der Waals surface area contributed by atoms with E-state index in [0.29, 0.717) is 0 Å². The number of aromatic nitrogens is 1. The Morgan fingerprint density at radius 2 is 0.773 bits per heavy atom. The van der Waals surface area contributed by atoms with Gasteiger partial charge in [0.2, 0.25) is 0 Å². The second kappa shape index (κ2) is 14.5. The number of nitrogens with zero attached hydrogens (tertiary/aromatic N) is 1. The average molecular weight is 854 g/mol. The summed E-state index contributed by atoms with van der Waals surface area (Å²) in [6.45, 7) is 0. The van der Waals surface area contributed by atoms with Crippen molar-refractivity contribution in [3.63, 3.8) is 0 Å². The Balaban J connectivity index is 1.05. The zero-order valence-corrected chi connectivity index (χ0v) is 36.7. The van der Waals surface area contributed by atoms with E-state index in [-0.39, 0.29) is 0 Å². The quantitative estimate of drug-likeness (QED) is 0.129. The van der Waals surface area contributed by atoms with Gasteiger partial charge >= 0.3 is 0 Å². The minimum atomic E-state index is -0.470. The first-order valence-corrected chi connectivity index (χ1v) is 23.6. The van der Waals surface area contributed by atoms with Crippen LogP contribution in [0.1, 0.15) is 22.3 Å². The van der Waals surface area contributed by atoms with Crippen LogP contribution < -0.4 is 0 Å². The third-order valence-electron chi connectivity index (χ3n) is 14.3. The molecule has 0 bridgehead atoms. The first-order valence-electron chi connectivity index (χ1n) is 22.8. The summed E-state index contributed by atoms with van der Waals surface area (Å²) < 4.78 is 0. The molecular formula is C64H39NS. The molecule has 12 aromatic rings. The van der Waals surface area contributed by atoms with Crippen LogP contribution in [0.5, 0.6) is 0 Å². The van der Waals surface area contributed by atoms with Crippen LogP contribution in [-0.4, -0.2) is 4.98 Å². The summed E-state index contributed by atoms with van der Waals surface area (Å²) in [6.07, 6.45) is 0. The molecule has 1 aliphatic heterocycles. The van der Waals surface area contributed by atoms with Gasteiger partial charge in [-0.25, -0.2) is 4.98 Å². The standard InChI is InChI=1S/C64H39NS/c1-3-17-40(18-4-1)41-31-33-42(34-32-41)59-45-21-7-9-23-47(45)60(48-24-10-8-22-46(48)59)44-35-36-50-56(39-44)65-63(43-19-5-2-6-20-43)51-37-38-55-62(61(50)51)49-25-11-12-26-52(49)64(55)53-27-13-15-29-57(53)66-58-30-16-14-28-54(58)64/h1-39H. The van der Waals surface area contributed by atoms with Gasteiger partial charge in [-0.05, 0) is 107 Å². The number of hydrogen-bond donors (Lipinski definition) is 0. The molecule has 0 saturated heterocycles. The van der Waals surface area contributed by atoms with Crippen molar-refractivity contribution in [3.8, 4) is 55.8 Å². The SMILES string of the molecule is c1ccc(-c2ccc(-c3c4ccccc4c(-c4ccc5c(c4)nc(-c4ccccc4)c4ccc6c(c45)-c4ccccc4C64c5ccccc5Sc5ccccc54)c4ccccc34)cc2)cc1. The zero-order valence-electron chi connectivity index (χ0n) is 35.9.